The number of aryl methyl sites for hydroxylation is 1. The second-order valence-electron chi connectivity index (χ2n) is 4.79. The number of aromatic nitrogens is 1. The number of halogens is 1. The monoisotopic (exact) mass is 339 g/mol. The number of pyridine rings is 1. The first-order chi connectivity index (χ1) is 10.2. The van der Waals surface area contributed by atoms with E-state index in [1.54, 1.807) is 6.20 Å². The van der Waals surface area contributed by atoms with Gasteiger partial charge in [0.25, 0.3) is 0 Å². The summed E-state index contributed by atoms with van der Waals surface area (Å²) in [6, 6.07) is 20.3. The van der Waals surface area contributed by atoms with Crippen LogP contribution < -0.4 is 4.74 Å². The summed E-state index contributed by atoms with van der Waals surface area (Å²) in [6.07, 6.45) is 1.79. The number of rotatable bonds is 3. The van der Waals surface area contributed by atoms with Crippen molar-refractivity contribution in [1.82, 2.24) is 4.98 Å². The second kappa shape index (κ2) is 6.10. The Hall–Kier alpha value is -2.13. The Bertz CT molecular complexity index is 739. The maximum Gasteiger partial charge on any atom is 0.233 e. The highest BCUT2D eigenvalue weighted by Crippen LogP contribution is 2.29. The number of nitrogens with zero attached hydrogens (tertiary/aromatic N) is 1. The quantitative estimate of drug-likeness (QED) is 0.618. The topological polar surface area (TPSA) is 22.1 Å². The molecule has 104 valence electrons. The van der Waals surface area contributed by atoms with Gasteiger partial charge in [0.15, 0.2) is 0 Å². The van der Waals surface area contributed by atoms with Crippen LogP contribution >= 0.6 is 15.9 Å². The lowest BCUT2D eigenvalue weighted by Gasteiger charge is -2.08. The van der Waals surface area contributed by atoms with Crippen molar-refractivity contribution in [3.8, 4) is 22.8 Å². The number of hydrogen-bond acceptors (Lipinski definition) is 2. The van der Waals surface area contributed by atoms with Crippen LogP contribution in [-0.2, 0) is 0 Å². The number of ether oxygens (including phenoxy) is 1. The van der Waals surface area contributed by atoms with Gasteiger partial charge >= 0.3 is 0 Å². The lowest BCUT2D eigenvalue weighted by atomic mass is 10.1. The van der Waals surface area contributed by atoms with Gasteiger partial charge in [0, 0.05) is 6.20 Å². The Balaban J connectivity index is 1.81. The molecule has 0 aliphatic rings. The van der Waals surface area contributed by atoms with Gasteiger partial charge in [-0.2, -0.15) is 0 Å². The van der Waals surface area contributed by atoms with Crippen LogP contribution in [0.2, 0.25) is 0 Å². The molecule has 3 rings (SSSR count). The predicted octanol–water partition coefficient (Wildman–Crippen LogP) is 5.61. The summed E-state index contributed by atoms with van der Waals surface area (Å²) in [5.74, 6) is 1.35. The lowest BCUT2D eigenvalue weighted by Crippen LogP contribution is -1.90. The molecule has 0 atom stereocenters. The van der Waals surface area contributed by atoms with Gasteiger partial charge in [0.05, 0.1) is 4.47 Å². The van der Waals surface area contributed by atoms with Crippen molar-refractivity contribution >= 4 is 15.9 Å². The van der Waals surface area contributed by atoms with Crippen LogP contribution in [0.1, 0.15) is 5.56 Å². The van der Waals surface area contributed by atoms with E-state index in [-0.39, 0.29) is 0 Å². The average Bonchev–Trinajstić information content (AvgIpc) is 2.52. The molecule has 0 spiro atoms. The van der Waals surface area contributed by atoms with Gasteiger partial charge in [-0.15, -0.1) is 0 Å². The van der Waals surface area contributed by atoms with E-state index in [9.17, 15) is 0 Å². The maximum atomic E-state index is 5.80. The highest BCUT2D eigenvalue weighted by Gasteiger charge is 2.05. The first-order valence-electron chi connectivity index (χ1n) is 6.68. The Morgan fingerprint density at radius 1 is 0.905 bits per heavy atom. The van der Waals surface area contributed by atoms with E-state index in [2.05, 4.69) is 33.0 Å². The molecule has 21 heavy (non-hydrogen) atoms. The van der Waals surface area contributed by atoms with Gasteiger partial charge in [-0.05, 0) is 57.7 Å². The van der Waals surface area contributed by atoms with Crippen LogP contribution in [0.4, 0.5) is 0 Å². The molecule has 2 nitrogen and oxygen atoms in total. The molecule has 0 radical (unpaired) electrons. The molecule has 3 heteroatoms. The zero-order chi connectivity index (χ0) is 14.7. The number of hydrogen-bond donors (Lipinski definition) is 0. The van der Waals surface area contributed by atoms with Gasteiger partial charge in [0.2, 0.25) is 5.88 Å². The van der Waals surface area contributed by atoms with Crippen molar-refractivity contribution in [3.05, 3.63) is 76.9 Å². The summed E-state index contributed by atoms with van der Waals surface area (Å²) < 4.78 is 6.65. The minimum atomic E-state index is 0.577. The zero-order valence-electron chi connectivity index (χ0n) is 11.6. The van der Waals surface area contributed by atoms with Crippen molar-refractivity contribution in [2.45, 2.75) is 6.92 Å². The summed E-state index contributed by atoms with van der Waals surface area (Å²) in [7, 11) is 0. The minimum absolute atomic E-state index is 0.577. The van der Waals surface area contributed by atoms with Crippen LogP contribution in [0.15, 0.2) is 71.3 Å². The Kier molecular flexibility index (Phi) is 4.02. The van der Waals surface area contributed by atoms with E-state index in [0.717, 1.165) is 15.8 Å². The molecule has 0 amide bonds. The van der Waals surface area contributed by atoms with Crippen LogP contribution in [0.3, 0.4) is 0 Å². The lowest BCUT2D eigenvalue weighted by molar-refractivity contribution is 0.459. The smallest absolute Gasteiger partial charge is 0.233 e. The Morgan fingerprint density at radius 3 is 2.24 bits per heavy atom. The van der Waals surface area contributed by atoms with Crippen molar-refractivity contribution in [3.63, 3.8) is 0 Å². The van der Waals surface area contributed by atoms with E-state index >= 15 is 0 Å². The summed E-state index contributed by atoms with van der Waals surface area (Å²) >= 11 is 3.47. The molecule has 0 fully saturated rings. The van der Waals surface area contributed by atoms with Gasteiger partial charge in [-0.1, -0.05) is 42.5 Å². The molecule has 0 saturated carbocycles. The molecule has 2 aromatic carbocycles. The van der Waals surface area contributed by atoms with Crippen molar-refractivity contribution in [1.29, 1.82) is 0 Å². The largest absolute Gasteiger partial charge is 0.438 e. The zero-order valence-corrected chi connectivity index (χ0v) is 13.2. The average molecular weight is 340 g/mol. The van der Waals surface area contributed by atoms with Crippen molar-refractivity contribution in [2.24, 2.45) is 0 Å². The normalized spacial score (nSPS) is 10.4. The Labute approximate surface area is 132 Å². The fourth-order valence-electron chi connectivity index (χ4n) is 2.05. The summed E-state index contributed by atoms with van der Waals surface area (Å²) in [4.78, 5) is 4.28. The fourth-order valence-corrected chi connectivity index (χ4v) is 2.60. The molecule has 1 heterocycles. The SMILES string of the molecule is Cc1cnc(Oc2ccc(-c3ccccc3)cc2)c(Br)c1. The van der Waals surface area contributed by atoms with Crippen molar-refractivity contribution in [2.75, 3.05) is 0 Å². The Morgan fingerprint density at radius 2 is 1.57 bits per heavy atom. The molecular weight excluding hydrogens is 326 g/mol. The molecular formula is C18H14BrNO. The number of benzene rings is 2. The minimum Gasteiger partial charge on any atom is -0.438 e. The second-order valence-corrected chi connectivity index (χ2v) is 5.65. The molecule has 0 aliphatic carbocycles. The van der Waals surface area contributed by atoms with Crippen molar-refractivity contribution < 1.29 is 4.74 Å². The molecule has 0 aliphatic heterocycles. The van der Waals surface area contributed by atoms with Crippen LogP contribution in [-0.4, -0.2) is 4.98 Å². The van der Waals surface area contributed by atoms with Crippen LogP contribution in [0, 0.1) is 6.92 Å². The van der Waals surface area contributed by atoms with Crippen LogP contribution in [0.25, 0.3) is 11.1 Å². The predicted molar refractivity (Wildman–Crippen MR) is 88.6 cm³/mol. The maximum absolute atomic E-state index is 5.80. The molecule has 0 bridgehead atoms. The highest BCUT2D eigenvalue weighted by atomic mass is 79.9. The molecule has 0 unspecified atom stereocenters. The summed E-state index contributed by atoms with van der Waals surface area (Å²) in [6.45, 7) is 2.00. The molecule has 1 aromatic heterocycles. The van der Waals surface area contributed by atoms with Crippen LogP contribution in [0.5, 0.6) is 11.6 Å². The van der Waals surface area contributed by atoms with E-state index in [4.69, 9.17) is 4.74 Å². The summed E-state index contributed by atoms with van der Waals surface area (Å²) in [5.41, 5.74) is 3.45. The van der Waals surface area contributed by atoms with Gasteiger partial charge in [0.1, 0.15) is 5.75 Å². The first-order valence-corrected chi connectivity index (χ1v) is 7.47. The third-order valence-electron chi connectivity index (χ3n) is 3.12. The van der Waals surface area contributed by atoms with Gasteiger partial charge in [-0.3, -0.25) is 0 Å². The third kappa shape index (κ3) is 3.31. The molecule has 0 N–H and O–H groups in total. The standard InChI is InChI=1S/C18H14BrNO/c1-13-11-17(19)18(20-12-13)21-16-9-7-15(8-10-16)14-5-3-2-4-6-14/h2-12H,1H3. The molecule has 0 saturated heterocycles. The fraction of sp³-hybridized carbons (Fsp3) is 0.0556. The highest BCUT2D eigenvalue weighted by molar-refractivity contribution is 9.10. The first kappa shape index (κ1) is 13.8. The molecule has 3 aromatic rings. The third-order valence-corrected chi connectivity index (χ3v) is 3.69. The van der Waals surface area contributed by atoms with Gasteiger partial charge in [-0.25, -0.2) is 4.98 Å². The van der Waals surface area contributed by atoms with E-state index < -0.39 is 0 Å². The van der Waals surface area contributed by atoms with E-state index in [0.29, 0.717) is 5.88 Å². The van der Waals surface area contributed by atoms with Gasteiger partial charge < -0.3 is 4.74 Å². The van der Waals surface area contributed by atoms with E-state index in [1.807, 2.05) is 55.5 Å². The summed E-state index contributed by atoms with van der Waals surface area (Å²) in [5, 5.41) is 0. The van der Waals surface area contributed by atoms with E-state index in [1.165, 1.54) is 11.1 Å².